The zero-order valence-electron chi connectivity index (χ0n) is 11.7. The minimum Gasteiger partial charge on any atom is -0.478 e. The van der Waals surface area contributed by atoms with Gasteiger partial charge in [0.05, 0.1) is 16.8 Å². The number of hydrogen-bond acceptors (Lipinski definition) is 2. The van der Waals surface area contributed by atoms with Crippen molar-refractivity contribution in [2.75, 3.05) is 5.73 Å². The number of anilines is 1. The van der Waals surface area contributed by atoms with Crippen LogP contribution in [0.5, 0.6) is 0 Å². The molecule has 0 atom stereocenters. The van der Waals surface area contributed by atoms with Gasteiger partial charge in [-0.2, -0.15) is 13.2 Å². The topological polar surface area (TPSA) is 63.3 Å². The van der Waals surface area contributed by atoms with Crippen molar-refractivity contribution in [2.45, 2.75) is 43.7 Å². The molecule has 1 fully saturated rings. The molecule has 0 spiro atoms. The van der Waals surface area contributed by atoms with Crippen LogP contribution in [0.1, 0.15) is 53.1 Å². The maximum atomic E-state index is 13.3. The highest BCUT2D eigenvalue weighted by Crippen LogP contribution is 2.47. The van der Waals surface area contributed by atoms with Crippen LogP contribution in [-0.4, -0.2) is 17.0 Å². The Labute approximate surface area is 142 Å². The Morgan fingerprint density at radius 2 is 1.83 bits per heavy atom. The van der Waals surface area contributed by atoms with Crippen LogP contribution in [-0.2, 0) is 6.18 Å². The van der Waals surface area contributed by atoms with Gasteiger partial charge in [-0.3, -0.25) is 0 Å². The van der Waals surface area contributed by atoms with Gasteiger partial charge >= 0.3 is 12.1 Å². The third kappa shape index (κ3) is 3.69. The molecule has 128 valence electrons. The first-order valence-electron chi connectivity index (χ1n) is 6.74. The lowest BCUT2D eigenvalue weighted by Crippen LogP contribution is -2.26. The third-order valence-electron chi connectivity index (χ3n) is 4.00. The van der Waals surface area contributed by atoms with Crippen LogP contribution in [0.3, 0.4) is 0 Å². The number of nitrogens with two attached hydrogens (primary N) is 1. The summed E-state index contributed by atoms with van der Waals surface area (Å²) >= 11 is 1.56. The Hall–Kier alpha value is -1.13. The lowest BCUT2D eigenvalue weighted by molar-refractivity contribution is -0.138. The normalized spacial score (nSPS) is 18.9. The van der Waals surface area contributed by atoms with Crippen molar-refractivity contribution < 1.29 is 31.9 Å². The minimum atomic E-state index is -4.78. The fraction of sp³-hybridized carbons (Fsp3) is 0.500. The van der Waals surface area contributed by atoms with Crippen LogP contribution >= 0.6 is 22.6 Å². The van der Waals surface area contributed by atoms with E-state index in [0.717, 1.165) is 0 Å². The summed E-state index contributed by atoms with van der Waals surface area (Å²) in [4.78, 5) is 11.1. The Kier molecular flexibility index (Phi) is 4.80. The van der Waals surface area contributed by atoms with Crippen LogP contribution < -0.4 is 5.73 Å². The number of benzene rings is 1. The van der Waals surface area contributed by atoms with Gasteiger partial charge in [-0.05, 0) is 53.0 Å². The van der Waals surface area contributed by atoms with E-state index in [9.17, 15) is 26.7 Å². The lowest BCUT2D eigenvalue weighted by Gasteiger charge is -2.31. The van der Waals surface area contributed by atoms with Crippen LogP contribution in [0.15, 0.2) is 6.07 Å². The fourth-order valence-electron chi connectivity index (χ4n) is 2.82. The Balaban J connectivity index is 2.58. The molecule has 0 radical (unpaired) electrons. The van der Waals surface area contributed by atoms with Gasteiger partial charge in [-0.1, -0.05) is 0 Å². The molecule has 0 bridgehead atoms. The van der Waals surface area contributed by atoms with E-state index < -0.39 is 48.0 Å². The van der Waals surface area contributed by atoms with Gasteiger partial charge in [0.25, 0.3) is 0 Å². The highest BCUT2D eigenvalue weighted by Gasteiger charge is 2.42. The summed E-state index contributed by atoms with van der Waals surface area (Å²) in [7, 11) is 0. The van der Waals surface area contributed by atoms with Crippen molar-refractivity contribution in [3.05, 3.63) is 26.3 Å². The number of carboxylic acids is 1. The SMILES string of the molecule is Nc1c(C(=O)O)cc(C(F)(F)F)c(C2CCC(F)(F)CC2)c1I. The number of nitrogen functional groups attached to an aromatic ring is 1. The molecule has 1 aliphatic carbocycles. The molecule has 1 aromatic carbocycles. The summed E-state index contributed by atoms with van der Waals surface area (Å²) in [6.07, 6.45) is -5.97. The van der Waals surface area contributed by atoms with Crippen molar-refractivity contribution in [3.63, 3.8) is 0 Å². The molecule has 0 unspecified atom stereocenters. The highest BCUT2D eigenvalue weighted by atomic mass is 127. The second kappa shape index (κ2) is 6.06. The maximum absolute atomic E-state index is 13.3. The van der Waals surface area contributed by atoms with Gasteiger partial charge < -0.3 is 10.8 Å². The predicted octanol–water partition coefficient (Wildman–Crippen LogP) is 4.88. The maximum Gasteiger partial charge on any atom is 0.416 e. The second-order valence-corrected chi connectivity index (χ2v) is 6.62. The lowest BCUT2D eigenvalue weighted by atomic mass is 9.79. The van der Waals surface area contributed by atoms with Gasteiger partial charge in [0.1, 0.15) is 0 Å². The van der Waals surface area contributed by atoms with E-state index >= 15 is 0 Å². The smallest absolute Gasteiger partial charge is 0.416 e. The number of alkyl halides is 5. The molecular formula is C14H13F5INO2. The average molecular weight is 449 g/mol. The van der Waals surface area contributed by atoms with E-state index in [0.29, 0.717) is 6.07 Å². The predicted molar refractivity (Wildman–Crippen MR) is 81.7 cm³/mol. The summed E-state index contributed by atoms with van der Waals surface area (Å²) in [5.41, 5.74) is 3.48. The summed E-state index contributed by atoms with van der Waals surface area (Å²) in [5.74, 6) is -5.15. The van der Waals surface area contributed by atoms with E-state index in [1.807, 2.05) is 0 Å². The number of halogens is 6. The van der Waals surface area contributed by atoms with Crippen molar-refractivity contribution in [1.82, 2.24) is 0 Å². The summed E-state index contributed by atoms with van der Waals surface area (Å²) in [6.45, 7) is 0. The Bertz CT molecular complexity index is 635. The van der Waals surface area contributed by atoms with E-state index in [4.69, 9.17) is 10.8 Å². The van der Waals surface area contributed by atoms with E-state index in [-0.39, 0.29) is 27.7 Å². The monoisotopic (exact) mass is 449 g/mol. The van der Waals surface area contributed by atoms with Gasteiger partial charge in [0, 0.05) is 16.4 Å². The molecule has 3 nitrogen and oxygen atoms in total. The number of carbonyl (C=O) groups is 1. The van der Waals surface area contributed by atoms with Crippen LogP contribution in [0, 0.1) is 3.57 Å². The molecule has 3 N–H and O–H groups in total. The fourth-order valence-corrected chi connectivity index (χ4v) is 3.84. The largest absolute Gasteiger partial charge is 0.478 e. The Morgan fingerprint density at radius 1 is 1.30 bits per heavy atom. The zero-order valence-corrected chi connectivity index (χ0v) is 13.8. The summed E-state index contributed by atoms with van der Waals surface area (Å²) in [5, 5.41) is 9.00. The molecule has 0 amide bonds. The van der Waals surface area contributed by atoms with Gasteiger partial charge in [0.2, 0.25) is 5.92 Å². The van der Waals surface area contributed by atoms with Crippen molar-refractivity contribution in [3.8, 4) is 0 Å². The summed E-state index contributed by atoms with van der Waals surface area (Å²) in [6, 6.07) is 0.502. The molecule has 9 heteroatoms. The minimum absolute atomic E-state index is 0.0231. The van der Waals surface area contributed by atoms with Crippen molar-refractivity contribution >= 4 is 34.2 Å². The Morgan fingerprint density at radius 3 is 2.26 bits per heavy atom. The van der Waals surface area contributed by atoms with Crippen molar-refractivity contribution in [1.29, 1.82) is 0 Å². The number of rotatable bonds is 2. The molecule has 2 rings (SSSR count). The molecule has 1 saturated carbocycles. The van der Waals surface area contributed by atoms with E-state index in [2.05, 4.69) is 0 Å². The molecule has 1 aromatic rings. The molecule has 0 aliphatic heterocycles. The molecule has 1 aliphatic rings. The third-order valence-corrected chi connectivity index (χ3v) is 5.17. The number of aromatic carboxylic acids is 1. The van der Waals surface area contributed by atoms with Gasteiger partial charge in [-0.15, -0.1) is 0 Å². The number of hydrogen-bond donors (Lipinski definition) is 2. The summed E-state index contributed by atoms with van der Waals surface area (Å²) < 4.78 is 66.5. The van der Waals surface area contributed by atoms with E-state index in [1.54, 1.807) is 22.6 Å². The molecule has 0 saturated heterocycles. The van der Waals surface area contributed by atoms with Crippen LogP contribution in [0.25, 0.3) is 0 Å². The van der Waals surface area contributed by atoms with Gasteiger partial charge in [0.15, 0.2) is 0 Å². The van der Waals surface area contributed by atoms with Crippen LogP contribution in [0.2, 0.25) is 0 Å². The standard InChI is InChI=1S/C14H13F5INO2/c15-13(16)3-1-6(2-4-13)9-8(14(17,18)19)5-7(12(22)23)11(21)10(9)20/h5-6H,1-4,21H2,(H,22,23). The van der Waals surface area contributed by atoms with Gasteiger partial charge in [-0.25, -0.2) is 13.6 Å². The molecule has 0 heterocycles. The first-order chi connectivity index (χ1) is 10.4. The average Bonchev–Trinajstić information content (AvgIpc) is 2.40. The molecule has 0 aromatic heterocycles. The van der Waals surface area contributed by atoms with Crippen molar-refractivity contribution in [2.24, 2.45) is 0 Å². The highest BCUT2D eigenvalue weighted by molar-refractivity contribution is 14.1. The second-order valence-electron chi connectivity index (χ2n) is 5.55. The molecular weight excluding hydrogens is 436 g/mol. The first-order valence-corrected chi connectivity index (χ1v) is 7.82. The quantitative estimate of drug-likeness (QED) is 0.384. The first kappa shape index (κ1) is 18.2. The molecule has 23 heavy (non-hydrogen) atoms. The number of carboxylic acid groups (broad SMARTS) is 1. The van der Waals surface area contributed by atoms with Crippen LogP contribution in [0.4, 0.5) is 27.6 Å². The van der Waals surface area contributed by atoms with E-state index in [1.165, 1.54) is 0 Å². The zero-order chi connectivity index (χ0) is 17.6.